The van der Waals surface area contributed by atoms with Crippen LogP contribution in [0.4, 0.5) is 5.69 Å². The minimum absolute atomic E-state index is 0.261. The van der Waals surface area contributed by atoms with Gasteiger partial charge >= 0.3 is 0 Å². The first-order valence-electron chi connectivity index (χ1n) is 8.22. The van der Waals surface area contributed by atoms with Gasteiger partial charge in [-0.15, -0.1) is 0 Å². The molecule has 2 heterocycles. The van der Waals surface area contributed by atoms with Crippen LogP contribution in [0.3, 0.4) is 0 Å². The van der Waals surface area contributed by atoms with Gasteiger partial charge in [0.15, 0.2) is 14.9 Å². The van der Waals surface area contributed by atoms with Crippen LogP contribution in [0.2, 0.25) is 0 Å². The molecule has 0 aliphatic carbocycles. The van der Waals surface area contributed by atoms with Gasteiger partial charge in [-0.25, -0.2) is 8.42 Å². The molecule has 0 aromatic heterocycles. The van der Waals surface area contributed by atoms with E-state index in [4.69, 9.17) is 17.0 Å². The zero-order valence-electron chi connectivity index (χ0n) is 13.8. The van der Waals surface area contributed by atoms with E-state index in [2.05, 4.69) is 10.2 Å². The Kier molecular flexibility index (Phi) is 5.27. The molecule has 2 saturated heterocycles. The van der Waals surface area contributed by atoms with Gasteiger partial charge in [-0.2, -0.15) is 0 Å². The fourth-order valence-electron chi connectivity index (χ4n) is 3.43. The van der Waals surface area contributed by atoms with E-state index in [-0.39, 0.29) is 6.04 Å². The van der Waals surface area contributed by atoms with Crippen molar-refractivity contribution in [2.24, 2.45) is 0 Å². The summed E-state index contributed by atoms with van der Waals surface area (Å²) in [5.74, 6) is 1.48. The van der Waals surface area contributed by atoms with Gasteiger partial charge in [-0.3, -0.25) is 0 Å². The number of sulfone groups is 1. The lowest BCUT2D eigenvalue weighted by Crippen LogP contribution is -3.18. The molecule has 0 saturated carbocycles. The second kappa shape index (κ2) is 7.25. The molecule has 2 aliphatic rings. The van der Waals surface area contributed by atoms with Crippen LogP contribution >= 0.6 is 12.2 Å². The summed E-state index contributed by atoms with van der Waals surface area (Å²) in [6, 6.07) is 7.95. The molecule has 0 unspecified atom stereocenters. The predicted molar refractivity (Wildman–Crippen MR) is 98.5 cm³/mol. The zero-order chi connectivity index (χ0) is 17.2. The average Bonchev–Trinajstić information content (AvgIpc) is 2.95. The molecule has 6 nitrogen and oxygen atoms in total. The molecule has 1 aromatic rings. The Hall–Kier alpha value is -1.38. The van der Waals surface area contributed by atoms with Crippen LogP contribution in [-0.2, 0) is 9.84 Å². The maximum absolute atomic E-state index is 11.6. The van der Waals surface area contributed by atoms with Gasteiger partial charge in [0, 0.05) is 18.2 Å². The van der Waals surface area contributed by atoms with Crippen molar-refractivity contribution in [3.63, 3.8) is 0 Å². The molecule has 24 heavy (non-hydrogen) atoms. The van der Waals surface area contributed by atoms with Gasteiger partial charge in [0.2, 0.25) is 0 Å². The molecule has 8 heteroatoms. The Bertz CT molecular complexity index is 700. The number of hydrogen-bond donors (Lipinski definition) is 2. The number of benzene rings is 1. The van der Waals surface area contributed by atoms with Crippen LogP contribution in [0.15, 0.2) is 24.3 Å². The lowest BCUT2D eigenvalue weighted by atomic mass is 10.2. The first-order chi connectivity index (χ1) is 11.5. The van der Waals surface area contributed by atoms with E-state index in [1.165, 1.54) is 4.90 Å². The molecular weight excluding hydrogens is 346 g/mol. The smallest absolute Gasteiger partial charge is 0.173 e. The Morgan fingerprint density at radius 2 is 2.12 bits per heavy atom. The van der Waals surface area contributed by atoms with E-state index in [0.717, 1.165) is 44.0 Å². The van der Waals surface area contributed by atoms with Crippen molar-refractivity contribution in [2.75, 3.05) is 50.1 Å². The van der Waals surface area contributed by atoms with E-state index >= 15 is 0 Å². The van der Waals surface area contributed by atoms with E-state index in [1.807, 2.05) is 24.3 Å². The van der Waals surface area contributed by atoms with E-state index in [0.29, 0.717) is 16.6 Å². The monoisotopic (exact) mass is 370 g/mol. The summed E-state index contributed by atoms with van der Waals surface area (Å²) in [6.07, 6.45) is 0.796. The summed E-state index contributed by atoms with van der Waals surface area (Å²) in [6.45, 7) is 3.56. The van der Waals surface area contributed by atoms with E-state index in [1.54, 1.807) is 7.11 Å². The highest BCUT2D eigenvalue weighted by atomic mass is 32.2. The summed E-state index contributed by atoms with van der Waals surface area (Å²) in [5.41, 5.74) is 0.913. The molecule has 132 valence electrons. The number of hydrogen-bond acceptors (Lipinski definition) is 4. The van der Waals surface area contributed by atoms with Crippen molar-refractivity contribution in [1.82, 2.24) is 4.90 Å². The van der Waals surface area contributed by atoms with Gasteiger partial charge < -0.3 is 19.9 Å². The van der Waals surface area contributed by atoms with Crippen molar-refractivity contribution in [1.29, 1.82) is 0 Å². The van der Waals surface area contributed by atoms with Crippen LogP contribution in [0.1, 0.15) is 6.42 Å². The highest BCUT2D eigenvalue weighted by Gasteiger charge is 2.37. The second-order valence-corrected chi connectivity index (χ2v) is 9.02. The van der Waals surface area contributed by atoms with Crippen LogP contribution in [0, 0.1) is 0 Å². The number of nitrogens with zero attached hydrogens (tertiary/aromatic N) is 1. The highest BCUT2D eigenvalue weighted by Crippen LogP contribution is 2.17. The average molecular weight is 371 g/mol. The molecule has 0 radical (unpaired) electrons. The highest BCUT2D eigenvalue weighted by molar-refractivity contribution is 7.91. The molecule has 1 atom stereocenters. The molecular formula is C16H24N3O3S2+. The SMILES string of the molecule is COc1cccc(NC(=S)N2CC[NH+]([C@H]3CCS(=O)(=O)C3)CC2)c1. The quantitative estimate of drug-likeness (QED) is 0.718. The molecule has 2 N–H and O–H groups in total. The maximum Gasteiger partial charge on any atom is 0.173 e. The summed E-state index contributed by atoms with van der Waals surface area (Å²) >= 11 is 5.51. The van der Waals surface area contributed by atoms with Gasteiger partial charge in [0.25, 0.3) is 0 Å². The Labute approximate surface area is 148 Å². The Morgan fingerprint density at radius 1 is 1.38 bits per heavy atom. The molecule has 2 aliphatic heterocycles. The number of methoxy groups -OCH3 is 1. The lowest BCUT2D eigenvalue weighted by molar-refractivity contribution is -0.925. The number of rotatable bonds is 3. The number of nitrogens with one attached hydrogen (secondary N) is 2. The molecule has 3 rings (SSSR count). The van der Waals surface area contributed by atoms with Gasteiger partial charge in [-0.05, 0) is 24.4 Å². The normalized spacial score (nSPS) is 23.9. The van der Waals surface area contributed by atoms with Gasteiger partial charge in [-0.1, -0.05) is 6.07 Å². The number of anilines is 1. The second-order valence-electron chi connectivity index (χ2n) is 6.41. The summed E-state index contributed by atoms with van der Waals surface area (Å²) in [4.78, 5) is 3.55. The Morgan fingerprint density at radius 3 is 2.75 bits per heavy atom. The summed E-state index contributed by atoms with van der Waals surface area (Å²) in [7, 11) is -1.16. The third kappa shape index (κ3) is 4.17. The first-order valence-corrected chi connectivity index (χ1v) is 10.4. The van der Waals surface area contributed by atoms with Gasteiger partial charge in [0.05, 0.1) is 39.0 Å². The molecule has 0 spiro atoms. The molecule has 0 bridgehead atoms. The standard InChI is InChI=1S/C16H23N3O3S2/c1-22-15-4-2-3-13(11-15)17-16(23)19-8-6-18(7-9-19)14-5-10-24(20,21)12-14/h2-4,11,14H,5-10,12H2,1H3,(H,17,23)/p+1/t14-/m0/s1. The fraction of sp³-hybridized carbons (Fsp3) is 0.562. The van der Waals surface area contributed by atoms with Crippen molar-refractivity contribution < 1.29 is 18.1 Å². The summed E-state index contributed by atoms with van der Waals surface area (Å²) in [5, 5.41) is 3.97. The lowest BCUT2D eigenvalue weighted by Gasteiger charge is -2.36. The first kappa shape index (κ1) is 17.4. The van der Waals surface area contributed by atoms with E-state index in [9.17, 15) is 8.42 Å². The molecule has 1 aromatic carbocycles. The van der Waals surface area contributed by atoms with Crippen molar-refractivity contribution in [2.45, 2.75) is 12.5 Å². The van der Waals surface area contributed by atoms with E-state index < -0.39 is 9.84 Å². The minimum atomic E-state index is -2.81. The van der Waals surface area contributed by atoms with Crippen molar-refractivity contribution >= 4 is 32.9 Å². The maximum atomic E-state index is 11.6. The van der Waals surface area contributed by atoms with Crippen LogP contribution < -0.4 is 15.0 Å². The third-order valence-electron chi connectivity index (χ3n) is 4.82. The third-order valence-corrected chi connectivity index (χ3v) is 6.95. The number of quaternary nitrogens is 1. The van der Waals surface area contributed by atoms with Crippen molar-refractivity contribution in [3.05, 3.63) is 24.3 Å². The van der Waals surface area contributed by atoms with Crippen LogP contribution in [-0.4, -0.2) is 69.3 Å². The largest absolute Gasteiger partial charge is 0.497 e. The van der Waals surface area contributed by atoms with Crippen molar-refractivity contribution in [3.8, 4) is 5.75 Å². The topological polar surface area (TPSA) is 63.1 Å². The predicted octanol–water partition coefficient (Wildman–Crippen LogP) is -0.220. The van der Waals surface area contributed by atoms with Crippen LogP contribution in [0.5, 0.6) is 5.75 Å². The Balaban J connectivity index is 1.52. The number of thiocarbonyl (C=S) groups is 1. The zero-order valence-corrected chi connectivity index (χ0v) is 15.5. The number of ether oxygens (including phenoxy) is 1. The summed E-state index contributed by atoms with van der Waals surface area (Å²) < 4.78 is 28.5. The van der Waals surface area contributed by atoms with Crippen LogP contribution in [0.25, 0.3) is 0 Å². The molecule has 2 fully saturated rings. The molecule has 0 amide bonds. The minimum Gasteiger partial charge on any atom is -0.497 e. The number of piperazine rings is 1. The fourth-order valence-corrected chi connectivity index (χ4v) is 5.55. The van der Waals surface area contributed by atoms with Gasteiger partial charge in [0.1, 0.15) is 17.5 Å².